The minimum absolute atomic E-state index is 0.788. The molecule has 0 aliphatic heterocycles. The molecule has 0 aromatic heterocycles. The van der Waals surface area contributed by atoms with Crippen LogP contribution in [0.4, 0.5) is 0 Å². The molecule has 88 valence electrons. The number of hydrogen-bond donors (Lipinski definition) is 0. The predicted octanol–water partition coefficient (Wildman–Crippen LogP) is 5.05. The summed E-state index contributed by atoms with van der Waals surface area (Å²) in [6.07, 6.45) is 11.8. The van der Waals surface area contributed by atoms with Gasteiger partial charge in [0, 0.05) is 0 Å². The van der Waals surface area contributed by atoms with Gasteiger partial charge in [-0.25, -0.2) is 0 Å². The van der Waals surface area contributed by atoms with Gasteiger partial charge in [0.1, 0.15) is 0 Å². The summed E-state index contributed by atoms with van der Waals surface area (Å²) in [4.78, 5) is 0. The minimum Gasteiger partial charge on any atom is -0.0880 e. The fourth-order valence-corrected chi connectivity index (χ4v) is 2.54. The Morgan fingerprint density at radius 1 is 1.00 bits per heavy atom. The van der Waals surface area contributed by atoms with Crippen molar-refractivity contribution in [3.8, 4) is 0 Å². The highest BCUT2D eigenvalue weighted by atomic mass is 14.2. The molecule has 0 N–H and O–H groups in total. The Labute approximate surface area is 96.2 Å². The van der Waals surface area contributed by atoms with Gasteiger partial charge in [-0.1, -0.05) is 46.3 Å². The van der Waals surface area contributed by atoms with Crippen LogP contribution in [0.3, 0.4) is 0 Å². The zero-order chi connectivity index (χ0) is 11.3. The Morgan fingerprint density at radius 2 is 1.67 bits per heavy atom. The lowest BCUT2D eigenvalue weighted by molar-refractivity contribution is 0.290. The molecular formula is C15H28. The average molecular weight is 208 g/mol. The summed E-state index contributed by atoms with van der Waals surface area (Å²) in [7, 11) is 0. The van der Waals surface area contributed by atoms with Crippen molar-refractivity contribution >= 4 is 0 Å². The molecule has 15 heavy (non-hydrogen) atoms. The molecule has 3 atom stereocenters. The first-order valence-electron chi connectivity index (χ1n) is 6.76. The monoisotopic (exact) mass is 208 g/mol. The van der Waals surface area contributed by atoms with E-state index in [1.54, 1.807) is 0 Å². The highest BCUT2D eigenvalue weighted by molar-refractivity contribution is 4.89. The second-order valence-electron chi connectivity index (χ2n) is 5.91. The first-order chi connectivity index (χ1) is 7.09. The molecule has 0 amide bonds. The van der Waals surface area contributed by atoms with E-state index in [4.69, 9.17) is 0 Å². The van der Waals surface area contributed by atoms with Gasteiger partial charge in [-0.15, -0.1) is 0 Å². The van der Waals surface area contributed by atoms with E-state index >= 15 is 0 Å². The maximum absolute atomic E-state index is 2.43. The van der Waals surface area contributed by atoms with Gasteiger partial charge >= 0.3 is 0 Å². The van der Waals surface area contributed by atoms with Crippen molar-refractivity contribution in [3.05, 3.63) is 12.2 Å². The third-order valence-electron chi connectivity index (χ3n) is 3.97. The molecule has 0 aromatic carbocycles. The highest BCUT2D eigenvalue weighted by Gasteiger charge is 2.16. The van der Waals surface area contributed by atoms with Crippen LogP contribution in [0.2, 0.25) is 0 Å². The summed E-state index contributed by atoms with van der Waals surface area (Å²) < 4.78 is 0. The molecule has 0 aromatic rings. The summed E-state index contributed by atoms with van der Waals surface area (Å²) >= 11 is 0. The smallest absolute Gasteiger partial charge is 0.0262 e. The van der Waals surface area contributed by atoms with Gasteiger partial charge in [-0.2, -0.15) is 0 Å². The van der Waals surface area contributed by atoms with Crippen molar-refractivity contribution in [1.29, 1.82) is 0 Å². The van der Waals surface area contributed by atoms with E-state index in [1.807, 2.05) is 0 Å². The van der Waals surface area contributed by atoms with Gasteiger partial charge < -0.3 is 0 Å². The molecule has 1 aliphatic carbocycles. The van der Waals surface area contributed by atoms with E-state index in [0.29, 0.717) is 0 Å². The fourth-order valence-electron chi connectivity index (χ4n) is 2.54. The first kappa shape index (κ1) is 12.8. The average Bonchev–Trinajstić information content (AvgIpc) is 2.16. The minimum atomic E-state index is 0.788. The molecule has 0 nitrogen and oxygen atoms in total. The van der Waals surface area contributed by atoms with Gasteiger partial charge in [0.2, 0.25) is 0 Å². The molecule has 0 spiro atoms. The molecule has 0 saturated heterocycles. The van der Waals surface area contributed by atoms with Crippen LogP contribution in [-0.2, 0) is 0 Å². The molecule has 0 radical (unpaired) electrons. The van der Waals surface area contributed by atoms with Crippen molar-refractivity contribution in [1.82, 2.24) is 0 Å². The SMILES string of the molecule is CC(C)[C@H]1CC[C@@H](C)CC=C[C@H](C)CC1. The lowest BCUT2D eigenvalue weighted by atomic mass is 9.82. The molecule has 0 bridgehead atoms. The quantitative estimate of drug-likeness (QED) is 0.529. The maximum atomic E-state index is 2.43. The van der Waals surface area contributed by atoms with Gasteiger partial charge in [0.15, 0.2) is 0 Å². The first-order valence-corrected chi connectivity index (χ1v) is 6.76. The zero-order valence-electron chi connectivity index (χ0n) is 11.0. The van der Waals surface area contributed by atoms with Crippen LogP contribution in [0.1, 0.15) is 59.8 Å². The summed E-state index contributed by atoms with van der Waals surface area (Å²) in [6.45, 7) is 9.54. The Hall–Kier alpha value is -0.260. The number of rotatable bonds is 1. The Morgan fingerprint density at radius 3 is 2.33 bits per heavy atom. The third kappa shape index (κ3) is 4.86. The molecule has 0 saturated carbocycles. The van der Waals surface area contributed by atoms with Crippen LogP contribution in [0.15, 0.2) is 12.2 Å². The van der Waals surface area contributed by atoms with Crippen molar-refractivity contribution < 1.29 is 0 Å². The molecule has 0 heteroatoms. The van der Waals surface area contributed by atoms with Crippen LogP contribution in [0.5, 0.6) is 0 Å². The lowest BCUT2D eigenvalue weighted by Crippen LogP contribution is -2.12. The zero-order valence-corrected chi connectivity index (χ0v) is 11.0. The summed E-state index contributed by atoms with van der Waals surface area (Å²) in [5, 5.41) is 0. The van der Waals surface area contributed by atoms with Crippen LogP contribution >= 0.6 is 0 Å². The van der Waals surface area contributed by atoms with E-state index in [0.717, 1.165) is 23.7 Å². The van der Waals surface area contributed by atoms with Gasteiger partial charge in [0.25, 0.3) is 0 Å². The Balaban J connectivity index is 2.54. The Kier molecular flexibility index (Phi) is 5.42. The third-order valence-corrected chi connectivity index (χ3v) is 3.97. The van der Waals surface area contributed by atoms with Gasteiger partial charge in [0.05, 0.1) is 0 Å². The topological polar surface area (TPSA) is 0 Å². The van der Waals surface area contributed by atoms with E-state index in [1.165, 1.54) is 32.1 Å². The standard InChI is InChI=1S/C15H28/c1-12(2)15-10-8-13(3)6-5-7-14(4)9-11-15/h5-6,12-15H,7-11H2,1-4H3/t13-,14-,15+/m0/s1. The fraction of sp³-hybridized carbons (Fsp3) is 0.867. The van der Waals surface area contributed by atoms with Crippen LogP contribution in [0, 0.1) is 23.7 Å². The molecule has 1 aliphatic rings. The van der Waals surface area contributed by atoms with E-state index < -0.39 is 0 Å². The van der Waals surface area contributed by atoms with Crippen molar-refractivity contribution in [3.63, 3.8) is 0 Å². The van der Waals surface area contributed by atoms with Crippen molar-refractivity contribution in [2.45, 2.75) is 59.8 Å². The summed E-state index contributed by atoms with van der Waals surface area (Å²) in [5.41, 5.74) is 0. The predicted molar refractivity (Wildman–Crippen MR) is 68.9 cm³/mol. The van der Waals surface area contributed by atoms with Crippen molar-refractivity contribution in [2.75, 3.05) is 0 Å². The van der Waals surface area contributed by atoms with Crippen LogP contribution in [-0.4, -0.2) is 0 Å². The summed E-state index contributed by atoms with van der Waals surface area (Å²) in [6, 6.07) is 0. The highest BCUT2D eigenvalue weighted by Crippen LogP contribution is 2.28. The molecular weight excluding hydrogens is 180 g/mol. The lowest BCUT2D eigenvalue weighted by Gasteiger charge is -2.24. The van der Waals surface area contributed by atoms with E-state index in [2.05, 4.69) is 39.8 Å². The molecule has 0 fully saturated rings. The second kappa shape index (κ2) is 6.35. The van der Waals surface area contributed by atoms with E-state index in [-0.39, 0.29) is 0 Å². The molecule has 1 rings (SSSR count). The molecule has 0 unspecified atom stereocenters. The Bertz CT molecular complexity index is 190. The van der Waals surface area contributed by atoms with Gasteiger partial charge in [-0.3, -0.25) is 0 Å². The van der Waals surface area contributed by atoms with Crippen molar-refractivity contribution in [2.24, 2.45) is 23.7 Å². The maximum Gasteiger partial charge on any atom is -0.0262 e. The molecule has 0 heterocycles. The van der Waals surface area contributed by atoms with E-state index in [9.17, 15) is 0 Å². The summed E-state index contributed by atoms with van der Waals surface area (Å²) in [5.74, 6) is 3.50. The largest absolute Gasteiger partial charge is 0.0880 e. The van der Waals surface area contributed by atoms with Crippen LogP contribution < -0.4 is 0 Å². The second-order valence-corrected chi connectivity index (χ2v) is 5.91. The van der Waals surface area contributed by atoms with Crippen LogP contribution in [0.25, 0.3) is 0 Å². The normalized spacial score (nSPS) is 34.3. The number of allylic oxidation sites excluding steroid dienone is 2. The van der Waals surface area contributed by atoms with Gasteiger partial charge in [-0.05, 0) is 49.4 Å². The number of hydrogen-bond acceptors (Lipinski definition) is 0.